The normalized spacial score (nSPS) is 13.0. The first-order valence-electron chi connectivity index (χ1n) is 10.7. The molecule has 0 bridgehead atoms. The Labute approximate surface area is 203 Å². The minimum atomic E-state index is -4.61. The van der Waals surface area contributed by atoms with Gasteiger partial charge >= 0.3 is 6.18 Å². The SMILES string of the molecule is Cc1cc([C@H](C)c2nc(Cl)c3c(N)nccn23)c(OC(C)C)c(-c2ccc(C(F)(F)F)nc2)c1F. The summed E-state index contributed by atoms with van der Waals surface area (Å²) in [6, 6.07) is 3.64. The average Bonchev–Trinajstić information content (AvgIpc) is 3.13. The van der Waals surface area contributed by atoms with Crippen LogP contribution in [0.2, 0.25) is 5.15 Å². The van der Waals surface area contributed by atoms with Crippen LogP contribution in [0.1, 0.15) is 49.3 Å². The van der Waals surface area contributed by atoms with Gasteiger partial charge in [0.15, 0.2) is 11.0 Å². The van der Waals surface area contributed by atoms with E-state index in [1.54, 1.807) is 37.4 Å². The van der Waals surface area contributed by atoms with Crippen LogP contribution in [0.25, 0.3) is 16.6 Å². The fourth-order valence-electron chi connectivity index (χ4n) is 3.94. The standard InChI is InChI=1S/C24H22ClF4N5O/c1-11(2)35-20-15(13(4)23-33-21(25)19-22(30)31-7-8-34(19)23)9-12(3)18(26)17(20)14-5-6-16(32-10-14)24(27,28)29/h5-11,13H,1-4H3,(H2,30,31)/t13-/m0/s1. The highest BCUT2D eigenvalue weighted by atomic mass is 35.5. The maximum Gasteiger partial charge on any atom is 0.433 e. The van der Waals surface area contributed by atoms with Crippen LogP contribution in [0.15, 0.2) is 36.8 Å². The van der Waals surface area contributed by atoms with Crippen molar-refractivity contribution in [2.45, 2.75) is 45.9 Å². The average molecular weight is 508 g/mol. The lowest BCUT2D eigenvalue weighted by Gasteiger charge is -2.23. The molecule has 1 atom stereocenters. The molecule has 0 amide bonds. The molecule has 4 rings (SSSR count). The molecule has 4 aromatic rings. The molecule has 0 spiro atoms. The molecule has 0 unspecified atom stereocenters. The Hall–Kier alpha value is -3.40. The third-order valence-electron chi connectivity index (χ3n) is 5.54. The van der Waals surface area contributed by atoms with Crippen molar-refractivity contribution in [2.24, 2.45) is 0 Å². The minimum Gasteiger partial charge on any atom is -0.490 e. The summed E-state index contributed by atoms with van der Waals surface area (Å²) in [4.78, 5) is 12.0. The number of alkyl halides is 3. The van der Waals surface area contributed by atoms with Gasteiger partial charge in [-0.1, -0.05) is 24.6 Å². The molecule has 1 aromatic carbocycles. The summed E-state index contributed by atoms with van der Waals surface area (Å²) >= 11 is 6.33. The number of aromatic nitrogens is 4. The van der Waals surface area contributed by atoms with Gasteiger partial charge in [0.05, 0.1) is 11.7 Å². The number of pyridine rings is 1. The summed E-state index contributed by atoms with van der Waals surface area (Å²) in [5.41, 5.74) is 6.38. The molecule has 0 aliphatic rings. The molecule has 2 N–H and O–H groups in total. The summed E-state index contributed by atoms with van der Waals surface area (Å²) in [5, 5.41) is 0.162. The fraction of sp³-hybridized carbons (Fsp3) is 0.292. The number of hydrogen-bond donors (Lipinski definition) is 1. The number of ether oxygens (including phenoxy) is 1. The summed E-state index contributed by atoms with van der Waals surface area (Å²) in [7, 11) is 0. The molecule has 35 heavy (non-hydrogen) atoms. The molecule has 0 aliphatic heterocycles. The molecule has 0 saturated heterocycles. The number of aryl methyl sites for hydroxylation is 1. The maximum absolute atomic E-state index is 15.5. The summed E-state index contributed by atoms with van der Waals surface area (Å²) in [6.07, 6.45) is -0.799. The number of anilines is 1. The molecule has 11 heteroatoms. The zero-order valence-corrected chi connectivity index (χ0v) is 20.0. The number of rotatable bonds is 5. The number of nitrogens with two attached hydrogens (primary N) is 1. The fourth-order valence-corrected chi connectivity index (χ4v) is 4.22. The number of benzene rings is 1. The number of halogens is 5. The van der Waals surface area contributed by atoms with Crippen molar-refractivity contribution in [2.75, 3.05) is 5.73 Å². The number of hydrogen-bond acceptors (Lipinski definition) is 5. The van der Waals surface area contributed by atoms with E-state index in [9.17, 15) is 13.2 Å². The van der Waals surface area contributed by atoms with Crippen molar-refractivity contribution in [3.05, 3.63) is 70.4 Å². The van der Waals surface area contributed by atoms with E-state index in [-0.39, 0.29) is 39.5 Å². The molecule has 6 nitrogen and oxygen atoms in total. The van der Waals surface area contributed by atoms with Crippen LogP contribution >= 0.6 is 11.6 Å². The van der Waals surface area contributed by atoms with Crippen molar-refractivity contribution in [1.29, 1.82) is 0 Å². The van der Waals surface area contributed by atoms with Crippen molar-refractivity contribution < 1.29 is 22.3 Å². The smallest absolute Gasteiger partial charge is 0.433 e. The molecule has 0 radical (unpaired) electrons. The first-order valence-corrected chi connectivity index (χ1v) is 11.1. The van der Waals surface area contributed by atoms with E-state index in [1.807, 2.05) is 6.92 Å². The van der Waals surface area contributed by atoms with Crippen LogP contribution in [-0.2, 0) is 6.18 Å². The molecule has 184 valence electrons. The Bertz CT molecular complexity index is 1400. The highest BCUT2D eigenvalue weighted by molar-refractivity contribution is 6.33. The predicted octanol–water partition coefficient (Wildman–Crippen LogP) is 6.43. The Morgan fingerprint density at radius 1 is 1.14 bits per heavy atom. The third-order valence-corrected chi connectivity index (χ3v) is 5.81. The van der Waals surface area contributed by atoms with Gasteiger partial charge in [-0.05, 0) is 38.5 Å². The second kappa shape index (κ2) is 8.99. The predicted molar refractivity (Wildman–Crippen MR) is 125 cm³/mol. The van der Waals surface area contributed by atoms with Gasteiger partial charge in [-0.3, -0.25) is 9.38 Å². The van der Waals surface area contributed by atoms with Gasteiger partial charge in [-0.15, -0.1) is 0 Å². The van der Waals surface area contributed by atoms with Crippen LogP contribution in [0.5, 0.6) is 5.75 Å². The number of fused-ring (bicyclic) bond motifs is 1. The molecule has 3 aromatic heterocycles. The highest BCUT2D eigenvalue weighted by Crippen LogP contribution is 2.43. The van der Waals surface area contributed by atoms with Crippen LogP contribution in [0.4, 0.5) is 23.4 Å². The summed E-state index contributed by atoms with van der Waals surface area (Å²) in [5.74, 6) is -0.181. The van der Waals surface area contributed by atoms with Gasteiger partial charge in [0.1, 0.15) is 28.6 Å². The lowest BCUT2D eigenvalue weighted by atomic mass is 9.91. The van der Waals surface area contributed by atoms with Gasteiger partial charge in [0, 0.05) is 35.6 Å². The minimum absolute atomic E-state index is 0.0231. The number of nitrogens with zero attached hydrogens (tertiary/aromatic N) is 4. The summed E-state index contributed by atoms with van der Waals surface area (Å²) < 4.78 is 62.4. The van der Waals surface area contributed by atoms with Gasteiger partial charge in [0.25, 0.3) is 0 Å². The van der Waals surface area contributed by atoms with Gasteiger partial charge < -0.3 is 10.5 Å². The molecule has 3 heterocycles. The molecular formula is C24H22ClF4N5O. The van der Waals surface area contributed by atoms with Crippen LogP contribution in [0.3, 0.4) is 0 Å². The Morgan fingerprint density at radius 3 is 2.46 bits per heavy atom. The van der Waals surface area contributed by atoms with Crippen LogP contribution < -0.4 is 10.5 Å². The lowest BCUT2D eigenvalue weighted by molar-refractivity contribution is -0.141. The lowest BCUT2D eigenvalue weighted by Crippen LogP contribution is -2.13. The van der Waals surface area contributed by atoms with Crippen molar-refractivity contribution in [3.8, 4) is 16.9 Å². The van der Waals surface area contributed by atoms with E-state index in [0.29, 0.717) is 16.9 Å². The van der Waals surface area contributed by atoms with E-state index in [4.69, 9.17) is 22.1 Å². The van der Waals surface area contributed by atoms with Crippen LogP contribution in [-0.4, -0.2) is 25.5 Å². The molecule has 0 aliphatic carbocycles. The Morgan fingerprint density at radius 2 is 1.86 bits per heavy atom. The molecular weight excluding hydrogens is 486 g/mol. The van der Waals surface area contributed by atoms with Crippen LogP contribution in [0, 0.1) is 12.7 Å². The Balaban J connectivity index is 1.95. The van der Waals surface area contributed by atoms with E-state index in [1.165, 1.54) is 12.3 Å². The van der Waals surface area contributed by atoms with Crippen molar-refractivity contribution in [3.63, 3.8) is 0 Å². The second-order valence-electron chi connectivity index (χ2n) is 8.41. The van der Waals surface area contributed by atoms with Gasteiger partial charge in [-0.2, -0.15) is 13.2 Å². The topological polar surface area (TPSA) is 78.3 Å². The first kappa shape index (κ1) is 24.7. The second-order valence-corrected chi connectivity index (χ2v) is 8.77. The monoisotopic (exact) mass is 507 g/mol. The quantitative estimate of drug-likeness (QED) is 0.315. The summed E-state index contributed by atoms with van der Waals surface area (Å²) in [6.45, 7) is 6.96. The zero-order chi connectivity index (χ0) is 25.7. The highest BCUT2D eigenvalue weighted by Gasteiger charge is 2.33. The largest absolute Gasteiger partial charge is 0.490 e. The van der Waals surface area contributed by atoms with E-state index in [0.717, 1.165) is 12.3 Å². The third kappa shape index (κ3) is 4.50. The van der Waals surface area contributed by atoms with E-state index in [2.05, 4.69) is 15.0 Å². The molecule has 0 saturated carbocycles. The van der Waals surface area contributed by atoms with E-state index < -0.39 is 23.6 Å². The van der Waals surface area contributed by atoms with Gasteiger partial charge in [-0.25, -0.2) is 14.4 Å². The first-order chi connectivity index (χ1) is 16.4. The van der Waals surface area contributed by atoms with Crippen molar-refractivity contribution >= 4 is 22.9 Å². The number of imidazole rings is 1. The number of nitrogen functional groups attached to an aromatic ring is 1. The maximum atomic E-state index is 15.5. The Kier molecular flexibility index (Phi) is 6.35. The van der Waals surface area contributed by atoms with Crippen molar-refractivity contribution in [1.82, 2.24) is 19.4 Å². The van der Waals surface area contributed by atoms with E-state index >= 15 is 4.39 Å². The molecule has 0 fully saturated rings. The van der Waals surface area contributed by atoms with Gasteiger partial charge in [0.2, 0.25) is 0 Å². The zero-order valence-electron chi connectivity index (χ0n) is 19.3.